The second-order valence-corrected chi connectivity index (χ2v) is 6.37. The van der Waals surface area contributed by atoms with Gasteiger partial charge in [0.2, 0.25) is 0 Å². The molecule has 1 aliphatic rings. The Hall–Kier alpha value is -2.15. The summed E-state index contributed by atoms with van der Waals surface area (Å²) in [5.41, 5.74) is 7.13. The Balaban J connectivity index is 1.57. The quantitative estimate of drug-likeness (QED) is 0.663. The Bertz CT molecular complexity index is 669. The number of aliphatic imine (C=N–C) groups is 1. The average molecular weight is 317 g/mol. The topological polar surface area (TPSA) is 85.4 Å². The number of aryl methyl sites for hydroxylation is 1. The van der Waals surface area contributed by atoms with Gasteiger partial charge in [0.25, 0.3) is 0 Å². The fourth-order valence-electron chi connectivity index (χ4n) is 2.43. The van der Waals surface area contributed by atoms with Gasteiger partial charge >= 0.3 is 0 Å². The molecule has 1 aromatic heterocycles. The number of fused-ring (bicyclic) bond motifs is 1. The van der Waals surface area contributed by atoms with Crippen molar-refractivity contribution in [3.63, 3.8) is 0 Å². The lowest BCUT2D eigenvalue weighted by Crippen LogP contribution is -2.37. The molecule has 0 radical (unpaired) electrons. The molecule has 1 aliphatic heterocycles. The van der Waals surface area contributed by atoms with E-state index in [1.54, 1.807) is 11.3 Å². The number of nitrogens with zero attached hydrogens (tertiary/aromatic N) is 3. The zero-order chi connectivity index (χ0) is 15.4. The van der Waals surface area contributed by atoms with Crippen molar-refractivity contribution >= 4 is 17.3 Å². The van der Waals surface area contributed by atoms with Gasteiger partial charge in [-0.15, -0.1) is 21.5 Å². The number of benzene rings is 1. The van der Waals surface area contributed by atoms with E-state index >= 15 is 0 Å². The normalized spacial score (nSPS) is 17.7. The van der Waals surface area contributed by atoms with Gasteiger partial charge in [-0.05, 0) is 13.0 Å². The molecule has 2 heterocycles. The Morgan fingerprint density at radius 1 is 1.45 bits per heavy atom. The van der Waals surface area contributed by atoms with Gasteiger partial charge in [0.1, 0.15) is 15.8 Å². The van der Waals surface area contributed by atoms with Gasteiger partial charge in [0.15, 0.2) is 5.96 Å². The second kappa shape index (κ2) is 6.74. The zero-order valence-electron chi connectivity index (χ0n) is 12.5. The summed E-state index contributed by atoms with van der Waals surface area (Å²) in [4.78, 5) is 4.38. The molecule has 1 unspecified atom stereocenters. The Morgan fingerprint density at radius 2 is 2.32 bits per heavy atom. The second-order valence-electron chi connectivity index (χ2n) is 5.10. The molecule has 1 aromatic carbocycles. The van der Waals surface area contributed by atoms with E-state index in [4.69, 9.17) is 10.5 Å². The molecule has 0 bridgehead atoms. The Morgan fingerprint density at radius 3 is 3.14 bits per heavy atom. The first-order valence-electron chi connectivity index (χ1n) is 7.29. The van der Waals surface area contributed by atoms with E-state index in [1.807, 2.05) is 25.1 Å². The minimum absolute atomic E-state index is 0.150. The van der Waals surface area contributed by atoms with E-state index in [-0.39, 0.29) is 6.04 Å². The van der Waals surface area contributed by atoms with Crippen molar-refractivity contribution < 1.29 is 4.74 Å². The van der Waals surface area contributed by atoms with Crippen LogP contribution in [0.1, 0.15) is 28.0 Å². The molecule has 116 valence electrons. The molecule has 0 fully saturated rings. The predicted molar refractivity (Wildman–Crippen MR) is 87.3 cm³/mol. The van der Waals surface area contributed by atoms with Gasteiger partial charge in [0, 0.05) is 24.9 Å². The van der Waals surface area contributed by atoms with Crippen LogP contribution >= 0.6 is 11.3 Å². The number of hydrogen-bond acceptors (Lipinski definition) is 5. The van der Waals surface area contributed by atoms with Crippen molar-refractivity contribution in [1.29, 1.82) is 0 Å². The average Bonchev–Trinajstić information content (AvgIpc) is 2.93. The van der Waals surface area contributed by atoms with Crippen LogP contribution in [0.25, 0.3) is 0 Å². The number of aromatic nitrogens is 2. The van der Waals surface area contributed by atoms with Crippen LogP contribution in [0.3, 0.4) is 0 Å². The molecule has 0 saturated carbocycles. The third-order valence-electron chi connectivity index (χ3n) is 3.46. The molecular formula is C15H19N5OS. The maximum absolute atomic E-state index is 6.00. The molecule has 2 aromatic rings. The van der Waals surface area contributed by atoms with Crippen LogP contribution in [0.15, 0.2) is 29.3 Å². The third kappa shape index (κ3) is 3.54. The van der Waals surface area contributed by atoms with Crippen molar-refractivity contribution in [3.05, 3.63) is 39.8 Å². The number of ether oxygens (including phenoxy) is 1. The van der Waals surface area contributed by atoms with Gasteiger partial charge < -0.3 is 15.8 Å². The highest BCUT2D eigenvalue weighted by Gasteiger charge is 2.21. The minimum Gasteiger partial charge on any atom is -0.493 e. The van der Waals surface area contributed by atoms with Gasteiger partial charge in [-0.25, -0.2) is 0 Å². The van der Waals surface area contributed by atoms with Crippen molar-refractivity contribution in [2.24, 2.45) is 10.7 Å². The molecule has 0 amide bonds. The number of guanidine groups is 1. The summed E-state index contributed by atoms with van der Waals surface area (Å²) in [7, 11) is 0. The van der Waals surface area contributed by atoms with Crippen LogP contribution in [-0.2, 0) is 6.42 Å². The predicted octanol–water partition coefficient (Wildman–Crippen LogP) is 1.82. The number of hydrogen-bond donors (Lipinski definition) is 2. The monoisotopic (exact) mass is 317 g/mol. The number of rotatable bonds is 4. The van der Waals surface area contributed by atoms with E-state index in [2.05, 4.69) is 26.6 Å². The molecule has 7 heteroatoms. The van der Waals surface area contributed by atoms with Crippen molar-refractivity contribution in [3.8, 4) is 5.75 Å². The molecular weight excluding hydrogens is 298 g/mol. The molecule has 0 saturated heterocycles. The molecule has 1 atom stereocenters. The van der Waals surface area contributed by atoms with Crippen LogP contribution in [0.5, 0.6) is 5.75 Å². The highest BCUT2D eigenvalue weighted by Crippen LogP contribution is 2.31. The van der Waals surface area contributed by atoms with Crippen LogP contribution < -0.4 is 15.8 Å². The van der Waals surface area contributed by atoms with E-state index in [0.717, 1.165) is 34.2 Å². The first-order valence-corrected chi connectivity index (χ1v) is 8.11. The van der Waals surface area contributed by atoms with E-state index in [9.17, 15) is 0 Å². The Labute approximate surface area is 133 Å². The largest absolute Gasteiger partial charge is 0.493 e. The maximum Gasteiger partial charge on any atom is 0.189 e. The summed E-state index contributed by atoms with van der Waals surface area (Å²) in [5, 5.41) is 13.3. The first-order chi connectivity index (χ1) is 10.7. The highest BCUT2D eigenvalue weighted by atomic mass is 32.1. The number of nitrogens with two attached hydrogens (primary N) is 1. The van der Waals surface area contributed by atoms with Crippen molar-refractivity contribution in [2.75, 3.05) is 13.2 Å². The lowest BCUT2D eigenvalue weighted by Gasteiger charge is -2.26. The lowest BCUT2D eigenvalue weighted by atomic mass is 10.0. The van der Waals surface area contributed by atoms with Gasteiger partial charge in [-0.2, -0.15) is 0 Å². The summed E-state index contributed by atoms with van der Waals surface area (Å²) < 4.78 is 5.64. The Kier molecular flexibility index (Phi) is 4.53. The molecule has 6 nitrogen and oxygen atoms in total. The van der Waals surface area contributed by atoms with Crippen molar-refractivity contribution in [1.82, 2.24) is 15.5 Å². The fraction of sp³-hybridized carbons (Fsp3) is 0.400. The summed E-state index contributed by atoms with van der Waals surface area (Å²) in [5.74, 6) is 1.38. The summed E-state index contributed by atoms with van der Waals surface area (Å²) in [6.07, 6.45) is 1.64. The van der Waals surface area contributed by atoms with Crippen LogP contribution in [0.4, 0.5) is 0 Å². The maximum atomic E-state index is 6.00. The molecule has 3 N–H and O–H groups in total. The zero-order valence-corrected chi connectivity index (χ0v) is 13.3. The van der Waals surface area contributed by atoms with E-state index in [1.165, 1.54) is 0 Å². The minimum atomic E-state index is 0.150. The SMILES string of the molecule is Cc1nnc(CCN=C(N)NC2CCOc3ccccc32)s1. The third-order valence-corrected chi connectivity index (χ3v) is 4.35. The van der Waals surface area contributed by atoms with Crippen LogP contribution in [0, 0.1) is 6.92 Å². The summed E-state index contributed by atoms with van der Waals surface area (Å²) in [6, 6.07) is 8.17. The first kappa shape index (κ1) is 14.8. The van der Waals surface area contributed by atoms with Crippen LogP contribution in [-0.4, -0.2) is 29.3 Å². The molecule has 0 aliphatic carbocycles. The summed E-state index contributed by atoms with van der Waals surface area (Å²) >= 11 is 1.60. The van der Waals surface area contributed by atoms with Gasteiger partial charge in [-0.3, -0.25) is 4.99 Å². The number of para-hydroxylation sites is 1. The van der Waals surface area contributed by atoms with Gasteiger partial charge in [0.05, 0.1) is 12.6 Å². The summed E-state index contributed by atoms with van der Waals surface area (Å²) in [6.45, 7) is 3.24. The number of nitrogens with one attached hydrogen (secondary N) is 1. The lowest BCUT2D eigenvalue weighted by molar-refractivity contribution is 0.262. The molecule has 3 rings (SSSR count). The smallest absolute Gasteiger partial charge is 0.189 e. The fourth-order valence-corrected chi connectivity index (χ4v) is 3.12. The van der Waals surface area contributed by atoms with Gasteiger partial charge in [-0.1, -0.05) is 18.2 Å². The van der Waals surface area contributed by atoms with E-state index < -0.39 is 0 Å². The highest BCUT2D eigenvalue weighted by molar-refractivity contribution is 7.11. The standard InChI is InChI=1S/C15H19N5OS/c1-10-19-20-14(22-10)6-8-17-15(16)18-12-7-9-21-13-5-3-2-4-11(12)13/h2-5,12H,6-9H2,1H3,(H3,16,17,18). The van der Waals surface area contributed by atoms with Crippen LogP contribution in [0.2, 0.25) is 0 Å². The van der Waals surface area contributed by atoms with Crippen molar-refractivity contribution in [2.45, 2.75) is 25.8 Å². The molecule has 22 heavy (non-hydrogen) atoms. The molecule has 0 spiro atoms. The van der Waals surface area contributed by atoms with E-state index in [0.29, 0.717) is 19.1 Å².